The molecule has 2 heteroatoms. The maximum Gasteiger partial charge on any atom is 0.143 e. The molecule has 0 bridgehead atoms. The number of aromatic nitrogens is 1. The van der Waals surface area contributed by atoms with Gasteiger partial charge in [-0.25, -0.2) is 0 Å². The van der Waals surface area contributed by atoms with Gasteiger partial charge in [0.1, 0.15) is 11.2 Å². The summed E-state index contributed by atoms with van der Waals surface area (Å²) in [6, 6.07) is 73.7. The summed E-state index contributed by atoms with van der Waals surface area (Å²) in [5.41, 5.74) is 20.1. The van der Waals surface area contributed by atoms with Crippen LogP contribution in [0.1, 0.15) is 22.3 Å². The quantitative estimate of drug-likeness (QED) is 0.177. The second-order valence-corrected chi connectivity index (χ2v) is 15.6. The molecule has 9 aromatic carbocycles. The Bertz CT molecular complexity index is 3360. The molecular weight excluding hydrogens is 691 g/mol. The third-order valence-corrected chi connectivity index (χ3v) is 12.8. The minimum atomic E-state index is -0.473. The molecule has 2 aliphatic rings. The minimum Gasteiger partial charge on any atom is -0.455 e. The summed E-state index contributed by atoms with van der Waals surface area (Å²) in [6.45, 7) is 0. The van der Waals surface area contributed by atoms with E-state index in [0.717, 1.165) is 27.6 Å². The van der Waals surface area contributed by atoms with E-state index in [1.165, 1.54) is 88.6 Å². The SMILES string of the molecule is c1ccc(-c2ccc3c(c2)c2cc(-c4ccccc4)ccc2n3-c2ccc3c(c2)-c2ccccc2C32c3ccccc3-c3c2ccc2c3oc3ccccc32)cc1. The van der Waals surface area contributed by atoms with Crippen molar-refractivity contribution in [3.05, 3.63) is 222 Å². The number of rotatable bonds is 3. The van der Waals surface area contributed by atoms with Gasteiger partial charge in [-0.05, 0) is 104 Å². The van der Waals surface area contributed by atoms with Crippen LogP contribution >= 0.6 is 0 Å². The van der Waals surface area contributed by atoms with Crippen molar-refractivity contribution >= 4 is 43.7 Å². The topological polar surface area (TPSA) is 18.1 Å². The van der Waals surface area contributed by atoms with Crippen molar-refractivity contribution in [2.24, 2.45) is 0 Å². The van der Waals surface area contributed by atoms with Crippen LogP contribution in [0, 0.1) is 0 Å². The Morgan fingerprint density at radius 1 is 0.351 bits per heavy atom. The highest BCUT2D eigenvalue weighted by atomic mass is 16.3. The summed E-state index contributed by atoms with van der Waals surface area (Å²) in [4.78, 5) is 0. The van der Waals surface area contributed by atoms with Gasteiger partial charge in [-0.15, -0.1) is 0 Å². The molecule has 1 atom stereocenters. The molecule has 0 N–H and O–H groups in total. The molecule has 0 radical (unpaired) electrons. The molecule has 2 heterocycles. The lowest BCUT2D eigenvalue weighted by Crippen LogP contribution is -2.25. The Morgan fingerprint density at radius 2 is 0.912 bits per heavy atom. The Hall–Kier alpha value is -7.42. The molecule has 1 unspecified atom stereocenters. The highest BCUT2D eigenvalue weighted by Crippen LogP contribution is 2.64. The summed E-state index contributed by atoms with van der Waals surface area (Å²) < 4.78 is 9.22. The predicted molar refractivity (Wildman–Crippen MR) is 235 cm³/mol. The fraction of sp³-hybridized carbons (Fsp3) is 0.0182. The first-order chi connectivity index (χ1) is 28.3. The minimum absolute atomic E-state index is 0.473. The maximum atomic E-state index is 6.75. The van der Waals surface area contributed by atoms with Crippen LogP contribution in [-0.2, 0) is 5.41 Å². The van der Waals surface area contributed by atoms with Crippen LogP contribution in [0.5, 0.6) is 0 Å². The highest BCUT2D eigenvalue weighted by molar-refractivity contribution is 6.14. The van der Waals surface area contributed by atoms with Crippen molar-refractivity contribution in [2.45, 2.75) is 5.41 Å². The summed E-state index contributed by atoms with van der Waals surface area (Å²) in [7, 11) is 0. The lowest BCUT2D eigenvalue weighted by Gasteiger charge is -2.30. The maximum absolute atomic E-state index is 6.75. The van der Waals surface area contributed by atoms with Crippen molar-refractivity contribution in [1.29, 1.82) is 0 Å². The molecule has 57 heavy (non-hydrogen) atoms. The molecule has 11 aromatic rings. The van der Waals surface area contributed by atoms with Crippen molar-refractivity contribution < 1.29 is 4.42 Å². The standard InChI is InChI=1S/C55H33NO/c1-3-13-34(14-4-1)36-23-29-50-44(31-36)45-32-37(35-15-5-2-6-16-35)24-30-51(45)56(50)38-25-27-48-43(33-38)39-17-7-10-20-46(39)55(48)47-21-11-8-19-42(47)53-49(55)28-26-41-40-18-9-12-22-52(40)57-54(41)53/h1-33H. The van der Waals surface area contributed by atoms with Crippen molar-refractivity contribution in [1.82, 2.24) is 4.57 Å². The van der Waals surface area contributed by atoms with Crippen LogP contribution in [0.3, 0.4) is 0 Å². The van der Waals surface area contributed by atoms with Gasteiger partial charge in [0.05, 0.1) is 16.4 Å². The van der Waals surface area contributed by atoms with E-state index in [9.17, 15) is 0 Å². The third-order valence-electron chi connectivity index (χ3n) is 12.8. The average Bonchev–Trinajstić information content (AvgIpc) is 4.00. The number of para-hydroxylation sites is 1. The summed E-state index contributed by atoms with van der Waals surface area (Å²) in [6.07, 6.45) is 0. The molecule has 1 spiro atoms. The Balaban J connectivity index is 1.08. The van der Waals surface area contributed by atoms with E-state index in [0.29, 0.717) is 0 Å². The lowest BCUT2D eigenvalue weighted by molar-refractivity contribution is 0.669. The largest absolute Gasteiger partial charge is 0.455 e. The van der Waals surface area contributed by atoms with Crippen LogP contribution in [0.25, 0.3) is 93.9 Å². The number of nitrogens with zero attached hydrogens (tertiary/aromatic N) is 1. The first kappa shape index (κ1) is 30.9. The van der Waals surface area contributed by atoms with Gasteiger partial charge in [0.15, 0.2) is 0 Å². The summed E-state index contributed by atoms with van der Waals surface area (Å²) in [5.74, 6) is 0. The van der Waals surface area contributed by atoms with Gasteiger partial charge in [-0.3, -0.25) is 0 Å². The van der Waals surface area contributed by atoms with E-state index in [2.05, 4.69) is 205 Å². The molecule has 13 rings (SSSR count). The van der Waals surface area contributed by atoms with Crippen molar-refractivity contribution in [3.8, 4) is 50.2 Å². The molecule has 2 nitrogen and oxygen atoms in total. The van der Waals surface area contributed by atoms with E-state index < -0.39 is 5.41 Å². The number of hydrogen-bond acceptors (Lipinski definition) is 1. The van der Waals surface area contributed by atoms with Gasteiger partial charge in [-0.1, -0.05) is 158 Å². The van der Waals surface area contributed by atoms with E-state index in [1.54, 1.807) is 0 Å². The van der Waals surface area contributed by atoms with Crippen LogP contribution in [0.4, 0.5) is 0 Å². The van der Waals surface area contributed by atoms with Gasteiger partial charge in [-0.2, -0.15) is 0 Å². The van der Waals surface area contributed by atoms with Crippen LogP contribution in [0.15, 0.2) is 205 Å². The summed E-state index contributed by atoms with van der Waals surface area (Å²) in [5, 5.41) is 4.81. The number of hydrogen-bond donors (Lipinski definition) is 0. The first-order valence-corrected chi connectivity index (χ1v) is 19.8. The number of furan rings is 1. The Kier molecular flexibility index (Phi) is 6.13. The molecule has 0 fully saturated rings. The smallest absolute Gasteiger partial charge is 0.143 e. The van der Waals surface area contributed by atoms with Gasteiger partial charge in [0.25, 0.3) is 0 Å². The molecule has 0 saturated heterocycles. The normalized spacial score (nSPS) is 15.1. The average molecular weight is 724 g/mol. The Morgan fingerprint density at radius 3 is 1.61 bits per heavy atom. The molecule has 2 aliphatic carbocycles. The molecule has 2 aromatic heterocycles. The number of fused-ring (bicyclic) bond motifs is 17. The lowest BCUT2D eigenvalue weighted by atomic mass is 9.70. The number of benzene rings is 9. The monoisotopic (exact) mass is 723 g/mol. The van der Waals surface area contributed by atoms with Crippen LogP contribution in [0.2, 0.25) is 0 Å². The molecular formula is C55H33NO. The van der Waals surface area contributed by atoms with Crippen molar-refractivity contribution in [3.63, 3.8) is 0 Å². The van der Waals surface area contributed by atoms with Gasteiger partial charge < -0.3 is 8.98 Å². The molecule has 0 amide bonds. The van der Waals surface area contributed by atoms with Crippen LogP contribution in [-0.4, -0.2) is 4.57 Å². The zero-order chi connectivity index (χ0) is 37.2. The highest BCUT2D eigenvalue weighted by Gasteiger charge is 2.52. The van der Waals surface area contributed by atoms with Gasteiger partial charge in [0.2, 0.25) is 0 Å². The molecule has 0 aliphatic heterocycles. The predicted octanol–water partition coefficient (Wildman–Crippen LogP) is 14.4. The fourth-order valence-electron chi connectivity index (χ4n) is 10.5. The van der Waals surface area contributed by atoms with E-state index in [4.69, 9.17) is 4.42 Å². The molecule has 264 valence electrons. The van der Waals surface area contributed by atoms with Crippen molar-refractivity contribution in [2.75, 3.05) is 0 Å². The Labute approximate surface area is 329 Å². The van der Waals surface area contributed by atoms with Crippen LogP contribution < -0.4 is 0 Å². The van der Waals surface area contributed by atoms with Gasteiger partial charge in [0, 0.05) is 32.8 Å². The summed E-state index contributed by atoms with van der Waals surface area (Å²) >= 11 is 0. The zero-order valence-corrected chi connectivity index (χ0v) is 30.9. The van der Waals surface area contributed by atoms with Gasteiger partial charge >= 0.3 is 0 Å². The van der Waals surface area contributed by atoms with E-state index >= 15 is 0 Å². The molecule has 0 saturated carbocycles. The van der Waals surface area contributed by atoms with E-state index in [-0.39, 0.29) is 0 Å². The first-order valence-electron chi connectivity index (χ1n) is 19.8. The second kappa shape index (κ2) is 11.3. The zero-order valence-electron chi connectivity index (χ0n) is 30.9. The second-order valence-electron chi connectivity index (χ2n) is 15.6. The fourth-order valence-corrected chi connectivity index (χ4v) is 10.5. The van der Waals surface area contributed by atoms with E-state index in [1.807, 2.05) is 0 Å². The third kappa shape index (κ3) is 4.04.